The normalized spacial score (nSPS) is 31.4. The van der Waals surface area contributed by atoms with Gasteiger partial charge in [0.1, 0.15) is 0 Å². The van der Waals surface area contributed by atoms with Crippen LogP contribution in [0.4, 0.5) is 0 Å². The Morgan fingerprint density at radius 3 is 2.29 bits per heavy atom. The Hall–Kier alpha value is -0.610. The molecule has 0 spiro atoms. The molecule has 1 atom stereocenters. The summed E-state index contributed by atoms with van der Waals surface area (Å²) in [5.74, 6) is 0.300. The molecule has 0 bridgehead atoms. The lowest BCUT2D eigenvalue weighted by Crippen LogP contribution is -2.52. The number of hydrogen-bond donors (Lipinski definition) is 0. The van der Waals surface area contributed by atoms with Crippen LogP contribution in [0.3, 0.4) is 0 Å². The summed E-state index contributed by atoms with van der Waals surface area (Å²) in [6.45, 7) is 4.44. The van der Waals surface area contributed by atoms with Gasteiger partial charge in [0, 0.05) is 39.6 Å². The first-order valence-corrected chi connectivity index (χ1v) is 5.37. The van der Waals surface area contributed by atoms with Crippen molar-refractivity contribution in [2.45, 2.75) is 19.0 Å². The van der Waals surface area contributed by atoms with Gasteiger partial charge in [-0.1, -0.05) is 0 Å². The highest BCUT2D eigenvalue weighted by Gasteiger charge is 2.33. The second kappa shape index (κ2) is 3.87. The van der Waals surface area contributed by atoms with E-state index in [4.69, 9.17) is 0 Å². The van der Waals surface area contributed by atoms with Crippen molar-refractivity contribution in [2.24, 2.45) is 0 Å². The third-order valence-electron chi connectivity index (χ3n) is 3.42. The van der Waals surface area contributed by atoms with Gasteiger partial charge in [0.25, 0.3) is 0 Å². The Labute approximate surface area is 85.5 Å². The van der Waals surface area contributed by atoms with Crippen LogP contribution in [0.15, 0.2) is 0 Å². The molecule has 0 saturated carbocycles. The van der Waals surface area contributed by atoms with Crippen molar-refractivity contribution in [3.8, 4) is 0 Å². The quantitative estimate of drug-likeness (QED) is 0.583. The van der Waals surface area contributed by atoms with Crippen molar-refractivity contribution in [1.82, 2.24) is 14.7 Å². The SMILES string of the molecule is CN1CCN(C2CCC(=O)N2C)CC1. The summed E-state index contributed by atoms with van der Waals surface area (Å²) in [5.41, 5.74) is 0. The van der Waals surface area contributed by atoms with Gasteiger partial charge in [-0.25, -0.2) is 0 Å². The maximum atomic E-state index is 11.4. The molecule has 0 aromatic rings. The van der Waals surface area contributed by atoms with Gasteiger partial charge in [-0.3, -0.25) is 9.69 Å². The first kappa shape index (κ1) is 9.93. The molecule has 0 radical (unpaired) electrons. The molecule has 2 rings (SSSR count). The van der Waals surface area contributed by atoms with Crippen molar-refractivity contribution >= 4 is 5.91 Å². The summed E-state index contributed by atoms with van der Waals surface area (Å²) in [5, 5.41) is 0. The molecule has 2 aliphatic rings. The Morgan fingerprint density at radius 2 is 1.79 bits per heavy atom. The Bertz CT molecular complexity index is 223. The van der Waals surface area contributed by atoms with Crippen molar-refractivity contribution in [3.63, 3.8) is 0 Å². The van der Waals surface area contributed by atoms with Crippen LogP contribution >= 0.6 is 0 Å². The van der Waals surface area contributed by atoms with E-state index in [1.807, 2.05) is 11.9 Å². The zero-order valence-electron chi connectivity index (χ0n) is 9.07. The van der Waals surface area contributed by atoms with E-state index in [1.165, 1.54) is 0 Å². The maximum absolute atomic E-state index is 11.4. The average Bonchev–Trinajstić information content (AvgIpc) is 2.50. The first-order chi connectivity index (χ1) is 6.68. The number of hydrogen-bond acceptors (Lipinski definition) is 3. The molecule has 0 aromatic carbocycles. The number of piperazine rings is 1. The molecule has 2 saturated heterocycles. The van der Waals surface area contributed by atoms with Crippen molar-refractivity contribution in [3.05, 3.63) is 0 Å². The number of nitrogens with zero attached hydrogens (tertiary/aromatic N) is 3. The van der Waals surface area contributed by atoms with E-state index < -0.39 is 0 Å². The van der Waals surface area contributed by atoms with Crippen LogP contribution in [0.25, 0.3) is 0 Å². The highest BCUT2D eigenvalue weighted by molar-refractivity contribution is 5.78. The molecule has 4 heteroatoms. The monoisotopic (exact) mass is 197 g/mol. The predicted molar refractivity (Wildman–Crippen MR) is 54.9 cm³/mol. The average molecular weight is 197 g/mol. The van der Waals surface area contributed by atoms with Gasteiger partial charge in [0.15, 0.2) is 0 Å². The molecule has 0 N–H and O–H groups in total. The minimum absolute atomic E-state index is 0.300. The molecule has 1 unspecified atom stereocenters. The molecular weight excluding hydrogens is 178 g/mol. The van der Waals surface area contributed by atoms with E-state index in [9.17, 15) is 4.79 Å². The predicted octanol–water partition coefficient (Wildman–Crippen LogP) is -0.188. The lowest BCUT2D eigenvalue weighted by Gasteiger charge is -2.38. The smallest absolute Gasteiger partial charge is 0.223 e. The van der Waals surface area contributed by atoms with Gasteiger partial charge in [-0.05, 0) is 13.5 Å². The van der Waals surface area contributed by atoms with Gasteiger partial charge in [-0.15, -0.1) is 0 Å². The number of carbonyl (C=O) groups is 1. The lowest BCUT2D eigenvalue weighted by atomic mass is 10.2. The van der Waals surface area contributed by atoms with Crippen LogP contribution in [0, 0.1) is 0 Å². The third kappa shape index (κ3) is 1.77. The standard InChI is InChI=1S/C10H19N3O/c1-11-5-7-13(8-6-11)9-3-4-10(14)12(9)2/h9H,3-8H2,1-2H3. The highest BCUT2D eigenvalue weighted by Crippen LogP contribution is 2.20. The van der Waals surface area contributed by atoms with E-state index in [0.29, 0.717) is 12.1 Å². The van der Waals surface area contributed by atoms with Gasteiger partial charge in [-0.2, -0.15) is 0 Å². The van der Waals surface area contributed by atoms with Crippen LogP contribution in [0.1, 0.15) is 12.8 Å². The van der Waals surface area contributed by atoms with E-state index >= 15 is 0 Å². The molecule has 1 amide bonds. The summed E-state index contributed by atoms with van der Waals surface area (Å²) < 4.78 is 0. The molecule has 0 aromatic heterocycles. The van der Waals surface area contributed by atoms with E-state index in [0.717, 1.165) is 39.0 Å². The zero-order valence-corrected chi connectivity index (χ0v) is 9.07. The molecule has 2 aliphatic heterocycles. The van der Waals surface area contributed by atoms with Gasteiger partial charge in [0.05, 0.1) is 6.17 Å². The molecule has 4 nitrogen and oxygen atoms in total. The minimum atomic E-state index is 0.300. The second-order valence-electron chi connectivity index (χ2n) is 4.36. The van der Waals surface area contributed by atoms with E-state index in [1.54, 1.807) is 0 Å². The summed E-state index contributed by atoms with van der Waals surface area (Å²) in [6, 6.07) is 0. The summed E-state index contributed by atoms with van der Waals surface area (Å²) in [6.07, 6.45) is 2.11. The van der Waals surface area contributed by atoms with E-state index in [2.05, 4.69) is 16.8 Å². The van der Waals surface area contributed by atoms with Crippen LogP contribution in [-0.2, 0) is 4.79 Å². The fourth-order valence-corrected chi connectivity index (χ4v) is 2.34. The van der Waals surface area contributed by atoms with Crippen LogP contribution in [-0.4, -0.2) is 67.0 Å². The summed E-state index contributed by atoms with van der Waals surface area (Å²) >= 11 is 0. The first-order valence-electron chi connectivity index (χ1n) is 5.37. The van der Waals surface area contributed by atoms with Gasteiger partial charge < -0.3 is 9.80 Å². The Balaban J connectivity index is 1.92. The molecule has 14 heavy (non-hydrogen) atoms. The molecule has 2 fully saturated rings. The molecule has 0 aliphatic carbocycles. The molecule has 80 valence electrons. The van der Waals surface area contributed by atoms with Gasteiger partial charge >= 0.3 is 0 Å². The Kier molecular flexibility index (Phi) is 2.74. The fraction of sp³-hybridized carbons (Fsp3) is 0.900. The number of likely N-dealkylation sites (tertiary alicyclic amines) is 1. The largest absolute Gasteiger partial charge is 0.330 e. The number of likely N-dealkylation sites (N-methyl/N-ethyl adjacent to an activating group) is 1. The number of amides is 1. The van der Waals surface area contributed by atoms with Crippen LogP contribution in [0.5, 0.6) is 0 Å². The second-order valence-corrected chi connectivity index (χ2v) is 4.36. The lowest BCUT2D eigenvalue weighted by molar-refractivity contribution is -0.130. The topological polar surface area (TPSA) is 26.8 Å². The van der Waals surface area contributed by atoms with Crippen molar-refractivity contribution in [2.75, 3.05) is 40.3 Å². The summed E-state index contributed by atoms with van der Waals surface area (Å²) in [7, 11) is 4.08. The number of carbonyl (C=O) groups excluding carboxylic acids is 1. The van der Waals surface area contributed by atoms with Crippen LogP contribution in [0.2, 0.25) is 0 Å². The van der Waals surface area contributed by atoms with E-state index in [-0.39, 0.29) is 0 Å². The Morgan fingerprint density at radius 1 is 1.14 bits per heavy atom. The van der Waals surface area contributed by atoms with Crippen molar-refractivity contribution in [1.29, 1.82) is 0 Å². The maximum Gasteiger partial charge on any atom is 0.223 e. The highest BCUT2D eigenvalue weighted by atomic mass is 16.2. The number of rotatable bonds is 1. The van der Waals surface area contributed by atoms with Gasteiger partial charge in [0.2, 0.25) is 5.91 Å². The summed E-state index contributed by atoms with van der Waals surface area (Å²) in [4.78, 5) is 18.1. The molecule has 2 heterocycles. The third-order valence-corrected chi connectivity index (χ3v) is 3.42. The van der Waals surface area contributed by atoms with Crippen molar-refractivity contribution < 1.29 is 4.79 Å². The zero-order chi connectivity index (χ0) is 10.1. The molecular formula is C10H19N3O. The minimum Gasteiger partial charge on any atom is -0.330 e. The van der Waals surface area contributed by atoms with Crippen LogP contribution < -0.4 is 0 Å². The fourth-order valence-electron chi connectivity index (χ4n) is 2.34.